The molecule has 1 aromatic rings. The number of hydrogen-bond acceptors (Lipinski definition) is 3. The summed E-state index contributed by atoms with van der Waals surface area (Å²) in [6.07, 6.45) is -0.422. The van der Waals surface area contributed by atoms with E-state index < -0.39 is 6.29 Å². The smallest absolute Gasteiger partial charge is 0.217 e. The van der Waals surface area contributed by atoms with E-state index in [9.17, 15) is 4.79 Å². The molecule has 0 amide bonds. The third-order valence-electron chi connectivity index (χ3n) is 2.64. The second-order valence-corrected chi connectivity index (χ2v) is 3.87. The Hall–Kier alpha value is -1.19. The third kappa shape index (κ3) is 3.15. The van der Waals surface area contributed by atoms with Crippen molar-refractivity contribution in [1.29, 1.82) is 0 Å². The lowest BCUT2D eigenvalue weighted by Gasteiger charge is -2.12. The second kappa shape index (κ2) is 5.77. The Labute approximate surface area is 96.4 Å². The number of rotatable bonds is 5. The topological polar surface area (TPSA) is 35.5 Å². The molecule has 16 heavy (non-hydrogen) atoms. The zero-order valence-corrected chi connectivity index (χ0v) is 10.2. The molecule has 0 unspecified atom stereocenters. The summed E-state index contributed by atoms with van der Waals surface area (Å²) < 4.78 is 9.83. The van der Waals surface area contributed by atoms with Gasteiger partial charge in [-0.2, -0.15) is 0 Å². The van der Waals surface area contributed by atoms with Gasteiger partial charge in [0.2, 0.25) is 6.29 Å². The summed E-state index contributed by atoms with van der Waals surface area (Å²) in [6.45, 7) is 4.08. The molecule has 0 atom stereocenters. The molecule has 3 nitrogen and oxygen atoms in total. The van der Waals surface area contributed by atoms with Crippen molar-refractivity contribution in [2.45, 2.75) is 26.6 Å². The average Bonchev–Trinajstić information content (AvgIpc) is 2.25. The van der Waals surface area contributed by atoms with Gasteiger partial charge < -0.3 is 9.47 Å². The minimum absolute atomic E-state index is 0.0618. The van der Waals surface area contributed by atoms with E-state index in [0.717, 1.165) is 5.56 Å². The molecule has 1 rings (SSSR count). The summed E-state index contributed by atoms with van der Waals surface area (Å²) in [7, 11) is 2.93. The van der Waals surface area contributed by atoms with E-state index in [2.05, 4.69) is 0 Å². The molecule has 0 fully saturated rings. The van der Waals surface area contributed by atoms with E-state index in [4.69, 9.17) is 9.47 Å². The maximum absolute atomic E-state index is 11.7. The molecule has 0 spiro atoms. The lowest BCUT2D eigenvalue weighted by molar-refractivity contribution is -0.155. The van der Waals surface area contributed by atoms with Crippen molar-refractivity contribution in [2.24, 2.45) is 0 Å². The van der Waals surface area contributed by atoms with Gasteiger partial charge in [0.1, 0.15) is 0 Å². The Morgan fingerprint density at radius 1 is 1.19 bits per heavy atom. The SMILES string of the molecule is COC(OC)C(=O)Cc1ccc(C)c(C)c1. The van der Waals surface area contributed by atoms with Gasteiger partial charge in [0.05, 0.1) is 0 Å². The van der Waals surface area contributed by atoms with Gasteiger partial charge in [-0.05, 0) is 30.5 Å². The number of methoxy groups -OCH3 is 2. The maximum Gasteiger partial charge on any atom is 0.217 e. The van der Waals surface area contributed by atoms with Crippen LogP contribution in [0.4, 0.5) is 0 Å². The highest BCUT2D eigenvalue weighted by molar-refractivity contribution is 5.84. The molecule has 88 valence electrons. The molecule has 3 heteroatoms. The van der Waals surface area contributed by atoms with E-state index in [0.29, 0.717) is 6.42 Å². The fourth-order valence-electron chi connectivity index (χ4n) is 1.56. The molecule has 0 aliphatic carbocycles. The van der Waals surface area contributed by atoms with Gasteiger partial charge in [-0.3, -0.25) is 4.79 Å². The summed E-state index contributed by atoms with van der Waals surface area (Å²) in [5.41, 5.74) is 3.41. The standard InChI is InChI=1S/C13H18O3/c1-9-5-6-11(7-10(9)2)8-12(14)13(15-3)16-4/h5-7,13H,8H2,1-4H3. The van der Waals surface area contributed by atoms with Crippen LogP contribution in [0.3, 0.4) is 0 Å². The van der Waals surface area contributed by atoms with Crippen molar-refractivity contribution in [1.82, 2.24) is 0 Å². The first-order valence-corrected chi connectivity index (χ1v) is 5.23. The Balaban J connectivity index is 2.73. The molecule has 0 saturated carbocycles. The molecule has 0 aliphatic rings. The number of hydrogen-bond donors (Lipinski definition) is 0. The van der Waals surface area contributed by atoms with Crippen LogP contribution in [0.1, 0.15) is 16.7 Å². The summed E-state index contributed by atoms with van der Waals surface area (Å²) in [5, 5.41) is 0. The van der Waals surface area contributed by atoms with Gasteiger partial charge in [-0.15, -0.1) is 0 Å². The van der Waals surface area contributed by atoms with Crippen LogP contribution in [-0.2, 0) is 20.7 Å². The van der Waals surface area contributed by atoms with Crippen LogP contribution in [0, 0.1) is 13.8 Å². The number of carbonyl (C=O) groups excluding carboxylic acids is 1. The summed E-state index contributed by atoms with van der Waals surface area (Å²) >= 11 is 0. The Bertz CT molecular complexity index is 367. The van der Waals surface area contributed by atoms with Gasteiger partial charge in [0, 0.05) is 20.6 Å². The van der Waals surface area contributed by atoms with Crippen LogP contribution in [0.5, 0.6) is 0 Å². The second-order valence-electron chi connectivity index (χ2n) is 3.87. The van der Waals surface area contributed by atoms with E-state index in [-0.39, 0.29) is 5.78 Å². The van der Waals surface area contributed by atoms with E-state index in [1.165, 1.54) is 25.3 Å². The molecule has 1 aromatic carbocycles. The van der Waals surface area contributed by atoms with Crippen molar-refractivity contribution >= 4 is 5.78 Å². The Morgan fingerprint density at radius 2 is 1.81 bits per heavy atom. The lowest BCUT2D eigenvalue weighted by atomic mass is 10.0. The fourth-order valence-corrected chi connectivity index (χ4v) is 1.56. The van der Waals surface area contributed by atoms with Crippen LogP contribution < -0.4 is 0 Å². The average molecular weight is 222 g/mol. The van der Waals surface area contributed by atoms with E-state index >= 15 is 0 Å². The number of ketones is 1. The van der Waals surface area contributed by atoms with Gasteiger partial charge in [0.15, 0.2) is 5.78 Å². The Morgan fingerprint density at radius 3 is 2.31 bits per heavy atom. The van der Waals surface area contributed by atoms with Crippen LogP contribution in [0.25, 0.3) is 0 Å². The summed E-state index contributed by atoms with van der Waals surface area (Å²) in [4.78, 5) is 11.7. The molecule has 0 saturated heterocycles. The molecule has 0 N–H and O–H groups in total. The largest absolute Gasteiger partial charge is 0.349 e. The molecule has 0 bridgehead atoms. The highest BCUT2D eigenvalue weighted by Crippen LogP contribution is 2.11. The van der Waals surface area contributed by atoms with Gasteiger partial charge in [0.25, 0.3) is 0 Å². The monoisotopic (exact) mass is 222 g/mol. The van der Waals surface area contributed by atoms with Gasteiger partial charge in [-0.25, -0.2) is 0 Å². The highest BCUT2D eigenvalue weighted by Gasteiger charge is 2.16. The molecular weight excluding hydrogens is 204 g/mol. The minimum atomic E-state index is -0.762. The molecule has 0 aliphatic heterocycles. The number of benzene rings is 1. The van der Waals surface area contributed by atoms with Crippen molar-refractivity contribution in [3.05, 3.63) is 34.9 Å². The summed E-state index contributed by atoms with van der Waals surface area (Å²) in [6, 6.07) is 6.00. The van der Waals surface area contributed by atoms with E-state index in [1.54, 1.807) is 0 Å². The zero-order chi connectivity index (χ0) is 12.1. The number of carbonyl (C=O) groups is 1. The highest BCUT2D eigenvalue weighted by atomic mass is 16.7. The number of ether oxygens (including phenoxy) is 2. The first kappa shape index (κ1) is 12.9. The normalized spacial score (nSPS) is 10.8. The van der Waals surface area contributed by atoms with Crippen molar-refractivity contribution < 1.29 is 14.3 Å². The van der Waals surface area contributed by atoms with Crippen molar-refractivity contribution in [3.8, 4) is 0 Å². The minimum Gasteiger partial charge on any atom is -0.349 e. The zero-order valence-electron chi connectivity index (χ0n) is 10.2. The predicted molar refractivity (Wildman–Crippen MR) is 62.4 cm³/mol. The quantitative estimate of drug-likeness (QED) is 0.715. The fraction of sp³-hybridized carbons (Fsp3) is 0.462. The number of aryl methyl sites for hydroxylation is 2. The van der Waals surface area contributed by atoms with Crippen LogP contribution in [0.2, 0.25) is 0 Å². The maximum atomic E-state index is 11.7. The first-order valence-electron chi connectivity index (χ1n) is 5.23. The van der Waals surface area contributed by atoms with Crippen LogP contribution in [-0.4, -0.2) is 26.3 Å². The number of Topliss-reactive ketones (excluding diaryl/α,β-unsaturated/α-hetero) is 1. The summed E-state index contributed by atoms with van der Waals surface area (Å²) in [5.74, 6) is -0.0618. The van der Waals surface area contributed by atoms with Gasteiger partial charge in [-0.1, -0.05) is 18.2 Å². The predicted octanol–water partition coefficient (Wildman–Crippen LogP) is 2.03. The molecule has 0 heterocycles. The Kier molecular flexibility index (Phi) is 4.65. The third-order valence-corrected chi connectivity index (χ3v) is 2.64. The van der Waals surface area contributed by atoms with Crippen molar-refractivity contribution in [3.63, 3.8) is 0 Å². The van der Waals surface area contributed by atoms with Gasteiger partial charge >= 0.3 is 0 Å². The molecular formula is C13H18O3. The van der Waals surface area contributed by atoms with Crippen molar-refractivity contribution in [2.75, 3.05) is 14.2 Å². The lowest BCUT2D eigenvalue weighted by Crippen LogP contribution is -2.26. The van der Waals surface area contributed by atoms with E-state index in [1.807, 2.05) is 32.0 Å². The molecule has 0 aromatic heterocycles. The van der Waals surface area contributed by atoms with Crippen LogP contribution >= 0.6 is 0 Å². The molecule has 0 radical (unpaired) electrons. The van der Waals surface area contributed by atoms with Crippen LogP contribution in [0.15, 0.2) is 18.2 Å². The first-order chi connectivity index (χ1) is 7.58.